The third kappa shape index (κ3) is 4.19. The summed E-state index contributed by atoms with van der Waals surface area (Å²) in [7, 11) is 1.62. The molecule has 2 aromatic carbocycles. The average molecular weight is 354 g/mol. The fourth-order valence-electron chi connectivity index (χ4n) is 2.06. The molecule has 21 heavy (non-hydrogen) atoms. The molecule has 0 amide bonds. The van der Waals surface area contributed by atoms with Crippen LogP contribution >= 0.6 is 15.9 Å². The fraction of sp³-hybridized carbons (Fsp3) is 0.250. The van der Waals surface area contributed by atoms with Crippen LogP contribution in [0, 0.1) is 5.82 Å². The molecule has 0 aliphatic carbocycles. The molecule has 0 unspecified atom stereocenters. The van der Waals surface area contributed by atoms with Gasteiger partial charge >= 0.3 is 0 Å². The molecule has 0 aliphatic heterocycles. The summed E-state index contributed by atoms with van der Waals surface area (Å²) in [6.45, 7) is 0.784. The zero-order valence-electron chi connectivity index (χ0n) is 11.7. The summed E-state index contributed by atoms with van der Waals surface area (Å²) in [6, 6.07) is 10.2. The van der Waals surface area contributed by atoms with Crippen LogP contribution < -0.4 is 15.2 Å². The zero-order valence-corrected chi connectivity index (χ0v) is 13.3. The largest absolute Gasteiger partial charge is 0.496 e. The van der Waals surface area contributed by atoms with Crippen molar-refractivity contribution in [1.82, 2.24) is 0 Å². The van der Waals surface area contributed by atoms with Crippen molar-refractivity contribution in [2.45, 2.75) is 13.0 Å². The Bertz CT molecular complexity index is 619. The molecule has 2 rings (SSSR count). The van der Waals surface area contributed by atoms with E-state index in [4.69, 9.17) is 15.2 Å². The van der Waals surface area contributed by atoms with E-state index in [-0.39, 0.29) is 5.82 Å². The van der Waals surface area contributed by atoms with Crippen molar-refractivity contribution < 1.29 is 13.9 Å². The Morgan fingerprint density at radius 3 is 2.57 bits per heavy atom. The maximum Gasteiger partial charge on any atom is 0.125 e. The summed E-state index contributed by atoms with van der Waals surface area (Å²) < 4.78 is 25.3. The van der Waals surface area contributed by atoms with Gasteiger partial charge in [0, 0.05) is 10.0 Å². The quantitative estimate of drug-likeness (QED) is 0.861. The Kier molecular flexibility index (Phi) is 5.59. The highest BCUT2D eigenvalue weighted by atomic mass is 79.9. The number of methoxy groups -OCH3 is 1. The molecule has 0 fully saturated rings. The van der Waals surface area contributed by atoms with Crippen LogP contribution in [0.3, 0.4) is 0 Å². The Labute approximate surface area is 132 Å². The van der Waals surface area contributed by atoms with Crippen molar-refractivity contribution in [2.75, 3.05) is 13.7 Å². The number of hydrogen-bond acceptors (Lipinski definition) is 3. The van der Waals surface area contributed by atoms with Gasteiger partial charge in [-0.15, -0.1) is 0 Å². The SMILES string of the molecule is COc1ccc(Br)cc1COc1ccc(F)cc1CCN. The monoisotopic (exact) mass is 353 g/mol. The predicted octanol–water partition coefficient (Wildman–Crippen LogP) is 3.68. The van der Waals surface area contributed by atoms with Crippen LogP contribution in [0.4, 0.5) is 4.39 Å². The normalized spacial score (nSPS) is 10.5. The molecule has 0 radical (unpaired) electrons. The molecule has 112 valence electrons. The van der Waals surface area contributed by atoms with Crippen LogP contribution in [0.2, 0.25) is 0 Å². The summed E-state index contributed by atoms with van der Waals surface area (Å²) in [5.74, 6) is 1.11. The van der Waals surface area contributed by atoms with Crippen molar-refractivity contribution in [1.29, 1.82) is 0 Å². The molecule has 0 aromatic heterocycles. The van der Waals surface area contributed by atoms with E-state index in [0.29, 0.717) is 25.3 Å². The standard InChI is InChI=1S/C16H17BrFNO2/c1-20-15-4-2-13(17)8-12(15)10-21-16-5-3-14(18)9-11(16)6-7-19/h2-5,8-9H,6-7,10,19H2,1H3. The van der Waals surface area contributed by atoms with E-state index in [1.165, 1.54) is 12.1 Å². The van der Waals surface area contributed by atoms with Gasteiger partial charge in [0.05, 0.1) is 7.11 Å². The number of nitrogens with two attached hydrogens (primary N) is 1. The van der Waals surface area contributed by atoms with Gasteiger partial charge in [-0.2, -0.15) is 0 Å². The lowest BCUT2D eigenvalue weighted by Crippen LogP contribution is -2.06. The number of benzene rings is 2. The number of halogens is 2. The van der Waals surface area contributed by atoms with Crippen LogP contribution in [0.25, 0.3) is 0 Å². The van der Waals surface area contributed by atoms with E-state index >= 15 is 0 Å². The second-order valence-electron chi connectivity index (χ2n) is 4.54. The fourth-order valence-corrected chi connectivity index (χ4v) is 2.46. The van der Waals surface area contributed by atoms with E-state index in [1.807, 2.05) is 18.2 Å². The maximum absolute atomic E-state index is 13.3. The van der Waals surface area contributed by atoms with Gasteiger partial charge in [0.1, 0.15) is 23.9 Å². The van der Waals surface area contributed by atoms with Crippen molar-refractivity contribution in [3.8, 4) is 11.5 Å². The molecule has 5 heteroatoms. The Hall–Kier alpha value is -1.59. The molecule has 0 atom stereocenters. The molecule has 2 aromatic rings. The van der Waals surface area contributed by atoms with E-state index in [1.54, 1.807) is 13.2 Å². The molecule has 3 nitrogen and oxygen atoms in total. The molecule has 2 N–H and O–H groups in total. The van der Waals surface area contributed by atoms with Crippen LogP contribution in [0.1, 0.15) is 11.1 Å². The lowest BCUT2D eigenvalue weighted by Gasteiger charge is -2.13. The van der Waals surface area contributed by atoms with Gasteiger partial charge in [0.2, 0.25) is 0 Å². The smallest absolute Gasteiger partial charge is 0.125 e. The Balaban J connectivity index is 2.18. The highest BCUT2D eigenvalue weighted by Crippen LogP contribution is 2.26. The van der Waals surface area contributed by atoms with E-state index < -0.39 is 0 Å². The summed E-state index contributed by atoms with van der Waals surface area (Å²) >= 11 is 3.42. The molecule has 0 spiro atoms. The first-order chi connectivity index (χ1) is 10.1. The molecule has 0 aliphatic rings. The van der Waals surface area contributed by atoms with Crippen molar-refractivity contribution >= 4 is 15.9 Å². The van der Waals surface area contributed by atoms with E-state index in [9.17, 15) is 4.39 Å². The van der Waals surface area contributed by atoms with Gasteiger partial charge in [0.15, 0.2) is 0 Å². The minimum Gasteiger partial charge on any atom is -0.496 e. The van der Waals surface area contributed by atoms with Crippen molar-refractivity contribution in [2.24, 2.45) is 5.73 Å². The Morgan fingerprint density at radius 1 is 1.10 bits per heavy atom. The first-order valence-electron chi connectivity index (χ1n) is 6.57. The second-order valence-corrected chi connectivity index (χ2v) is 5.45. The zero-order chi connectivity index (χ0) is 15.2. The molecule has 0 heterocycles. The van der Waals surface area contributed by atoms with Crippen LogP contribution in [0.15, 0.2) is 40.9 Å². The van der Waals surface area contributed by atoms with Crippen molar-refractivity contribution in [3.63, 3.8) is 0 Å². The first-order valence-corrected chi connectivity index (χ1v) is 7.37. The van der Waals surface area contributed by atoms with Crippen LogP contribution in [-0.4, -0.2) is 13.7 Å². The summed E-state index contributed by atoms with van der Waals surface area (Å²) in [6.07, 6.45) is 0.572. The number of rotatable bonds is 6. The van der Waals surface area contributed by atoms with E-state index in [2.05, 4.69) is 15.9 Å². The van der Waals surface area contributed by atoms with Gasteiger partial charge in [-0.3, -0.25) is 0 Å². The second kappa shape index (κ2) is 7.43. The van der Waals surface area contributed by atoms with Crippen molar-refractivity contribution in [3.05, 3.63) is 57.8 Å². The lowest BCUT2D eigenvalue weighted by molar-refractivity contribution is 0.293. The highest BCUT2D eigenvalue weighted by molar-refractivity contribution is 9.10. The lowest BCUT2D eigenvalue weighted by atomic mass is 10.1. The minimum absolute atomic E-state index is 0.286. The summed E-state index contributed by atoms with van der Waals surface area (Å²) in [5, 5.41) is 0. The van der Waals surface area contributed by atoms with Crippen LogP contribution in [-0.2, 0) is 13.0 Å². The Morgan fingerprint density at radius 2 is 1.86 bits per heavy atom. The highest BCUT2D eigenvalue weighted by Gasteiger charge is 2.08. The molecule has 0 saturated carbocycles. The van der Waals surface area contributed by atoms with Gasteiger partial charge < -0.3 is 15.2 Å². The third-order valence-electron chi connectivity index (χ3n) is 3.06. The number of ether oxygens (including phenoxy) is 2. The summed E-state index contributed by atoms with van der Waals surface area (Å²) in [5.41, 5.74) is 7.23. The van der Waals surface area contributed by atoms with Gasteiger partial charge in [-0.1, -0.05) is 15.9 Å². The third-order valence-corrected chi connectivity index (χ3v) is 3.56. The molecular weight excluding hydrogens is 337 g/mol. The average Bonchev–Trinajstić information content (AvgIpc) is 2.47. The van der Waals surface area contributed by atoms with Crippen LogP contribution in [0.5, 0.6) is 11.5 Å². The van der Waals surface area contributed by atoms with Gasteiger partial charge in [0.25, 0.3) is 0 Å². The van der Waals surface area contributed by atoms with Gasteiger partial charge in [-0.05, 0) is 54.9 Å². The minimum atomic E-state index is -0.286. The maximum atomic E-state index is 13.3. The molecule has 0 saturated heterocycles. The molecular formula is C16H17BrFNO2. The molecule has 0 bridgehead atoms. The van der Waals surface area contributed by atoms with Gasteiger partial charge in [-0.25, -0.2) is 4.39 Å². The predicted molar refractivity (Wildman–Crippen MR) is 84.2 cm³/mol. The van der Waals surface area contributed by atoms with E-state index in [0.717, 1.165) is 21.3 Å². The topological polar surface area (TPSA) is 44.5 Å². The number of hydrogen-bond donors (Lipinski definition) is 1. The first kappa shape index (κ1) is 15.8. The summed E-state index contributed by atoms with van der Waals surface area (Å²) in [4.78, 5) is 0.